The Kier molecular flexibility index (Phi) is 4.26. The van der Waals surface area contributed by atoms with E-state index in [-0.39, 0.29) is 10.8 Å². The molecule has 0 spiro atoms. The van der Waals surface area contributed by atoms with Crippen LogP contribution in [0.15, 0.2) is 68.9 Å². The normalized spacial score (nSPS) is 22.2. The zero-order valence-corrected chi connectivity index (χ0v) is 18.3. The van der Waals surface area contributed by atoms with Gasteiger partial charge in [-0.2, -0.15) is 0 Å². The monoisotopic (exact) mass is 346 g/mol. The maximum atomic E-state index is 2.42. The molecule has 0 radical (unpaired) electrons. The van der Waals surface area contributed by atoms with Crippen molar-refractivity contribution in [1.82, 2.24) is 0 Å². The van der Waals surface area contributed by atoms with Crippen molar-refractivity contribution >= 4 is 0 Å². The largest absolute Gasteiger partial charge is 0.0619 e. The maximum Gasteiger partial charge on any atom is 0.0351 e. The van der Waals surface area contributed by atoms with Gasteiger partial charge in [0.05, 0.1) is 0 Å². The average molecular weight is 347 g/mol. The zero-order chi connectivity index (χ0) is 19.6. The molecule has 3 rings (SSSR count). The minimum atomic E-state index is -0.0151. The first-order valence-electron chi connectivity index (χ1n) is 9.83. The second-order valence-electron chi connectivity index (χ2n) is 8.80. The molecule has 0 amide bonds. The molecule has 26 heavy (non-hydrogen) atoms. The van der Waals surface area contributed by atoms with Crippen LogP contribution in [0.1, 0.15) is 80.4 Å². The van der Waals surface area contributed by atoms with E-state index in [1.165, 1.54) is 55.7 Å². The van der Waals surface area contributed by atoms with Gasteiger partial charge in [-0.15, -0.1) is 0 Å². The Labute approximate surface area is 160 Å². The fraction of sp³-hybridized carbons (Fsp3) is 0.462. The van der Waals surface area contributed by atoms with E-state index in [1.807, 2.05) is 0 Å². The quantitative estimate of drug-likeness (QED) is 0.518. The molecule has 0 nitrogen and oxygen atoms in total. The van der Waals surface area contributed by atoms with Gasteiger partial charge < -0.3 is 0 Å². The van der Waals surface area contributed by atoms with Crippen LogP contribution in [0.25, 0.3) is 0 Å². The van der Waals surface area contributed by atoms with Crippen molar-refractivity contribution in [2.24, 2.45) is 0 Å². The molecule has 0 fully saturated rings. The van der Waals surface area contributed by atoms with E-state index >= 15 is 0 Å². The summed E-state index contributed by atoms with van der Waals surface area (Å²) >= 11 is 0. The third kappa shape index (κ3) is 2.08. The molecule has 2 aliphatic carbocycles. The summed E-state index contributed by atoms with van der Waals surface area (Å²) in [5, 5.41) is 0. The topological polar surface area (TPSA) is 0 Å². The minimum Gasteiger partial charge on any atom is -0.0619 e. The lowest BCUT2D eigenvalue weighted by Crippen LogP contribution is -2.31. The lowest BCUT2D eigenvalue weighted by Gasteiger charge is -2.39. The number of benzene rings is 1. The Morgan fingerprint density at radius 1 is 0.462 bits per heavy atom. The molecule has 0 heteroatoms. The molecule has 138 valence electrons. The number of rotatable bonds is 2. The average Bonchev–Trinajstić information content (AvgIpc) is 2.89. The predicted molar refractivity (Wildman–Crippen MR) is 115 cm³/mol. The molecule has 2 aliphatic rings. The lowest BCUT2D eigenvalue weighted by atomic mass is 9.64. The van der Waals surface area contributed by atoms with Crippen LogP contribution in [0.3, 0.4) is 0 Å². The third-order valence-electron chi connectivity index (χ3n) is 8.38. The van der Waals surface area contributed by atoms with Gasteiger partial charge in [-0.3, -0.25) is 0 Å². The third-order valence-corrected chi connectivity index (χ3v) is 8.38. The van der Waals surface area contributed by atoms with Gasteiger partial charge in [-0.1, -0.05) is 46.6 Å². The van der Waals surface area contributed by atoms with Crippen LogP contribution < -0.4 is 0 Å². The summed E-state index contributed by atoms with van der Waals surface area (Å²) in [6, 6.07) is 9.15. The lowest BCUT2D eigenvalue weighted by molar-refractivity contribution is 0.604. The number of hydrogen-bond acceptors (Lipinski definition) is 0. The highest BCUT2D eigenvalue weighted by Crippen LogP contribution is 2.55. The van der Waals surface area contributed by atoms with Crippen molar-refractivity contribution in [2.75, 3.05) is 0 Å². The molecular formula is C26H34. The summed E-state index contributed by atoms with van der Waals surface area (Å²) in [5.74, 6) is 0. The highest BCUT2D eigenvalue weighted by molar-refractivity contribution is 5.65. The van der Waals surface area contributed by atoms with Crippen LogP contribution >= 0.6 is 0 Å². The molecule has 0 heterocycles. The summed E-state index contributed by atoms with van der Waals surface area (Å²) in [4.78, 5) is 0. The van der Waals surface area contributed by atoms with E-state index in [0.29, 0.717) is 0 Å². The first kappa shape index (κ1) is 19.0. The van der Waals surface area contributed by atoms with Crippen molar-refractivity contribution in [2.45, 2.75) is 80.1 Å². The maximum absolute atomic E-state index is 2.42. The van der Waals surface area contributed by atoms with Crippen LogP contribution in [0.5, 0.6) is 0 Å². The van der Waals surface area contributed by atoms with Crippen molar-refractivity contribution in [3.05, 3.63) is 80.0 Å². The Bertz CT molecular complexity index is 800. The van der Waals surface area contributed by atoms with Gasteiger partial charge in [0.2, 0.25) is 0 Å². The van der Waals surface area contributed by atoms with Gasteiger partial charge in [0.15, 0.2) is 0 Å². The van der Waals surface area contributed by atoms with Crippen LogP contribution in [-0.4, -0.2) is 0 Å². The standard InChI is InChI=1S/C26H34/c1-15-16(2)20(6)25(9,19(15)5)23-13-11-12-14-24(23)26(10)21(7)17(3)18(4)22(26)8/h11-14H,1-10H3. The Morgan fingerprint density at radius 3 is 0.923 bits per heavy atom. The minimum absolute atomic E-state index is 0.0151. The van der Waals surface area contributed by atoms with E-state index < -0.39 is 0 Å². The summed E-state index contributed by atoms with van der Waals surface area (Å²) in [6.07, 6.45) is 0. The predicted octanol–water partition coefficient (Wildman–Crippen LogP) is 7.57. The fourth-order valence-corrected chi connectivity index (χ4v) is 5.35. The molecular weight excluding hydrogens is 312 g/mol. The first-order chi connectivity index (χ1) is 12.0. The van der Waals surface area contributed by atoms with E-state index in [0.717, 1.165) is 0 Å². The summed E-state index contributed by atoms with van der Waals surface area (Å²) in [5.41, 5.74) is 14.7. The molecule has 0 aliphatic heterocycles. The second-order valence-corrected chi connectivity index (χ2v) is 8.80. The summed E-state index contributed by atoms with van der Waals surface area (Å²) in [6.45, 7) is 23.3. The second kappa shape index (κ2) is 5.84. The molecule has 0 bridgehead atoms. The fourth-order valence-electron chi connectivity index (χ4n) is 5.35. The smallest absolute Gasteiger partial charge is 0.0351 e. The summed E-state index contributed by atoms with van der Waals surface area (Å²) < 4.78 is 0. The molecule has 1 aromatic carbocycles. The van der Waals surface area contributed by atoms with Gasteiger partial charge in [-0.25, -0.2) is 0 Å². The highest BCUT2D eigenvalue weighted by Gasteiger charge is 2.45. The number of allylic oxidation sites excluding steroid dienone is 8. The summed E-state index contributed by atoms with van der Waals surface area (Å²) in [7, 11) is 0. The highest BCUT2D eigenvalue weighted by atomic mass is 14.5. The van der Waals surface area contributed by atoms with Crippen LogP contribution in [0, 0.1) is 0 Å². The van der Waals surface area contributed by atoms with Crippen molar-refractivity contribution in [3.8, 4) is 0 Å². The molecule has 0 atom stereocenters. The Morgan fingerprint density at radius 2 is 0.692 bits per heavy atom. The Balaban J connectivity index is 2.35. The molecule has 0 unspecified atom stereocenters. The van der Waals surface area contributed by atoms with E-state index in [1.54, 1.807) is 0 Å². The van der Waals surface area contributed by atoms with Gasteiger partial charge in [-0.05, 0) is 103 Å². The van der Waals surface area contributed by atoms with E-state index in [4.69, 9.17) is 0 Å². The van der Waals surface area contributed by atoms with Gasteiger partial charge in [0.1, 0.15) is 0 Å². The van der Waals surface area contributed by atoms with Gasteiger partial charge in [0.25, 0.3) is 0 Å². The first-order valence-corrected chi connectivity index (χ1v) is 9.83. The molecule has 0 saturated carbocycles. The number of hydrogen-bond donors (Lipinski definition) is 0. The van der Waals surface area contributed by atoms with E-state index in [9.17, 15) is 0 Å². The molecule has 0 saturated heterocycles. The molecule has 0 N–H and O–H groups in total. The SMILES string of the molecule is CC1=C(C)C(C)(c2ccccc2C2(C)C(C)=C(C)C(C)=C2C)C(C)=C1C. The van der Waals surface area contributed by atoms with Crippen molar-refractivity contribution in [3.63, 3.8) is 0 Å². The molecule has 1 aromatic rings. The Hall–Kier alpha value is -1.82. The van der Waals surface area contributed by atoms with Gasteiger partial charge in [0, 0.05) is 10.8 Å². The van der Waals surface area contributed by atoms with Gasteiger partial charge >= 0.3 is 0 Å². The molecule has 0 aromatic heterocycles. The van der Waals surface area contributed by atoms with Crippen LogP contribution in [-0.2, 0) is 10.8 Å². The van der Waals surface area contributed by atoms with Crippen molar-refractivity contribution < 1.29 is 0 Å². The van der Waals surface area contributed by atoms with E-state index in [2.05, 4.69) is 93.5 Å². The van der Waals surface area contributed by atoms with Crippen LogP contribution in [0.4, 0.5) is 0 Å². The van der Waals surface area contributed by atoms with Crippen molar-refractivity contribution in [1.29, 1.82) is 0 Å². The zero-order valence-electron chi connectivity index (χ0n) is 18.3. The van der Waals surface area contributed by atoms with Crippen LogP contribution in [0.2, 0.25) is 0 Å².